The summed E-state index contributed by atoms with van der Waals surface area (Å²) in [6, 6.07) is 7.33. The number of H-pyrrole nitrogens is 1. The minimum atomic E-state index is -0.148. The number of fused-ring (bicyclic) bond motifs is 1. The van der Waals surface area contributed by atoms with E-state index in [9.17, 15) is 4.79 Å². The van der Waals surface area contributed by atoms with Crippen LogP contribution in [0.5, 0.6) is 0 Å². The minimum Gasteiger partial charge on any atom is -0.314 e. The molecule has 4 rings (SSSR count). The van der Waals surface area contributed by atoms with Gasteiger partial charge in [0.1, 0.15) is 11.6 Å². The first-order valence-electron chi connectivity index (χ1n) is 9.37. The SMILES string of the molecule is Cc1nc(-c2ccc(NC(=O)N3Cc4cnc(CC(C)C)nc4C3)cc2)n[nH]1. The van der Waals surface area contributed by atoms with Crippen molar-refractivity contribution in [3.63, 3.8) is 0 Å². The van der Waals surface area contributed by atoms with Gasteiger partial charge in [-0.1, -0.05) is 13.8 Å². The molecule has 0 spiro atoms. The van der Waals surface area contributed by atoms with Gasteiger partial charge in [0.05, 0.1) is 18.8 Å². The fourth-order valence-electron chi connectivity index (χ4n) is 3.18. The van der Waals surface area contributed by atoms with E-state index in [1.54, 1.807) is 4.90 Å². The van der Waals surface area contributed by atoms with Gasteiger partial charge in [-0.05, 0) is 37.1 Å². The maximum absolute atomic E-state index is 12.6. The third-order valence-corrected chi connectivity index (χ3v) is 4.58. The molecule has 2 amide bonds. The summed E-state index contributed by atoms with van der Waals surface area (Å²) in [5.74, 6) is 2.75. The molecule has 0 saturated heterocycles. The van der Waals surface area contributed by atoms with E-state index in [1.807, 2.05) is 37.4 Å². The standard InChI is InChI=1S/C20H23N7O/c1-12(2)8-18-21-9-15-10-27(11-17(15)24-18)20(28)23-16-6-4-14(5-7-16)19-22-13(3)25-26-19/h4-7,9,12H,8,10-11H2,1-3H3,(H,23,28)(H,22,25,26). The van der Waals surface area contributed by atoms with Crippen LogP contribution in [0, 0.1) is 12.8 Å². The van der Waals surface area contributed by atoms with Gasteiger partial charge in [0, 0.05) is 29.4 Å². The first-order chi connectivity index (χ1) is 13.5. The van der Waals surface area contributed by atoms with Gasteiger partial charge >= 0.3 is 6.03 Å². The fourth-order valence-corrected chi connectivity index (χ4v) is 3.18. The lowest BCUT2D eigenvalue weighted by Crippen LogP contribution is -2.30. The number of hydrogen-bond acceptors (Lipinski definition) is 5. The molecular weight excluding hydrogens is 354 g/mol. The van der Waals surface area contributed by atoms with Gasteiger partial charge in [-0.25, -0.2) is 19.7 Å². The van der Waals surface area contributed by atoms with E-state index < -0.39 is 0 Å². The Balaban J connectivity index is 1.40. The van der Waals surface area contributed by atoms with Gasteiger partial charge in [-0.3, -0.25) is 5.10 Å². The van der Waals surface area contributed by atoms with Crippen LogP contribution in [0.25, 0.3) is 11.4 Å². The highest BCUT2D eigenvalue weighted by Crippen LogP contribution is 2.23. The lowest BCUT2D eigenvalue weighted by molar-refractivity contribution is 0.212. The number of benzene rings is 1. The highest BCUT2D eigenvalue weighted by molar-refractivity contribution is 5.89. The molecule has 28 heavy (non-hydrogen) atoms. The summed E-state index contributed by atoms with van der Waals surface area (Å²) in [4.78, 5) is 27.7. The summed E-state index contributed by atoms with van der Waals surface area (Å²) in [6.07, 6.45) is 2.69. The van der Waals surface area contributed by atoms with Crippen LogP contribution < -0.4 is 5.32 Å². The van der Waals surface area contributed by atoms with Crippen molar-refractivity contribution >= 4 is 11.7 Å². The summed E-state index contributed by atoms with van der Waals surface area (Å²) in [6.45, 7) is 7.17. The van der Waals surface area contributed by atoms with Crippen LogP contribution in [-0.4, -0.2) is 36.1 Å². The number of anilines is 1. The largest absolute Gasteiger partial charge is 0.322 e. The number of aryl methyl sites for hydroxylation is 1. The molecule has 2 N–H and O–H groups in total. The average molecular weight is 377 g/mol. The Kier molecular flexibility index (Phi) is 4.77. The maximum atomic E-state index is 12.6. The van der Waals surface area contributed by atoms with E-state index in [4.69, 9.17) is 0 Å². The van der Waals surface area contributed by atoms with Crippen molar-refractivity contribution in [1.29, 1.82) is 0 Å². The van der Waals surface area contributed by atoms with E-state index in [0.717, 1.165) is 40.6 Å². The van der Waals surface area contributed by atoms with Gasteiger partial charge in [-0.15, -0.1) is 0 Å². The average Bonchev–Trinajstić information content (AvgIpc) is 3.28. The van der Waals surface area contributed by atoms with Crippen molar-refractivity contribution in [3.05, 3.63) is 53.4 Å². The first kappa shape index (κ1) is 18.1. The summed E-state index contributed by atoms with van der Waals surface area (Å²) in [7, 11) is 0. The van der Waals surface area contributed by atoms with Crippen molar-refractivity contribution in [2.24, 2.45) is 5.92 Å². The third-order valence-electron chi connectivity index (χ3n) is 4.58. The second kappa shape index (κ2) is 7.38. The predicted molar refractivity (Wildman–Crippen MR) is 105 cm³/mol. The number of amides is 2. The Bertz CT molecular complexity index is 994. The fraction of sp³-hybridized carbons (Fsp3) is 0.350. The molecule has 0 bridgehead atoms. The van der Waals surface area contributed by atoms with E-state index in [0.29, 0.717) is 24.8 Å². The molecule has 1 aliphatic rings. The zero-order chi connectivity index (χ0) is 19.7. The molecule has 8 nitrogen and oxygen atoms in total. The number of nitrogens with zero attached hydrogens (tertiary/aromatic N) is 5. The van der Waals surface area contributed by atoms with E-state index >= 15 is 0 Å². The molecule has 1 aromatic carbocycles. The second-order valence-electron chi connectivity index (χ2n) is 7.46. The van der Waals surface area contributed by atoms with Crippen molar-refractivity contribution in [2.45, 2.75) is 40.3 Å². The number of aromatic nitrogens is 5. The lowest BCUT2D eigenvalue weighted by Gasteiger charge is -2.16. The zero-order valence-corrected chi connectivity index (χ0v) is 16.2. The van der Waals surface area contributed by atoms with Crippen molar-refractivity contribution in [1.82, 2.24) is 30.0 Å². The minimum absolute atomic E-state index is 0.148. The molecule has 0 saturated carbocycles. The number of nitrogens with one attached hydrogen (secondary N) is 2. The summed E-state index contributed by atoms with van der Waals surface area (Å²) < 4.78 is 0. The third kappa shape index (κ3) is 3.85. The van der Waals surface area contributed by atoms with E-state index in [1.165, 1.54) is 0 Å². The molecule has 0 fully saturated rings. The Morgan fingerprint density at radius 3 is 2.68 bits per heavy atom. The molecule has 0 aliphatic carbocycles. The number of urea groups is 1. The topological polar surface area (TPSA) is 99.7 Å². The highest BCUT2D eigenvalue weighted by atomic mass is 16.2. The van der Waals surface area contributed by atoms with Crippen LogP contribution in [0.2, 0.25) is 0 Å². The van der Waals surface area contributed by atoms with Crippen molar-refractivity contribution in [2.75, 3.05) is 5.32 Å². The summed E-state index contributed by atoms with van der Waals surface area (Å²) >= 11 is 0. The van der Waals surface area contributed by atoms with Gasteiger partial charge in [-0.2, -0.15) is 5.10 Å². The van der Waals surface area contributed by atoms with Crippen LogP contribution in [-0.2, 0) is 19.5 Å². The molecule has 1 aliphatic heterocycles. The number of carbonyl (C=O) groups is 1. The number of rotatable bonds is 4. The number of aromatic amines is 1. The molecule has 3 heterocycles. The van der Waals surface area contributed by atoms with Gasteiger partial charge < -0.3 is 10.2 Å². The summed E-state index contributed by atoms with van der Waals surface area (Å²) in [5.41, 5.74) is 3.57. The van der Waals surface area contributed by atoms with Crippen LogP contribution >= 0.6 is 0 Å². The Hall–Kier alpha value is -3.29. The molecule has 8 heteroatoms. The Morgan fingerprint density at radius 2 is 2.00 bits per heavy atom. The van der Waals surface area contributed by atoms with Gasteiger partial charge in [0.15, 0.2) is 5.82 Å². The molecule has 0 radical (unpaired) electrons. The van der Waals surface area contributed by atoms with Crippen LogP contribution in [0.3, 0.4) is 0 Å². The van der Waals surface area contributed by atoms with Crippen LogP contribution in [0.4, 0.5) is 10.5 Å². The van der Waals surface area contributed by atoms with Crippen LogP contribution in [0.1, 0.15) is 36.8 Å². The monoisotopic (exact) mass is 377 g/mol. The quantitative estimate of drug-likeness (QED) is 0.726. The smallest absolute Gasteiger partial charge is 0.314 e. The zero-order valence-electron chi connectivity index (χ0n) is 16.2. The van der Waals surface area contributed by atoms with E-state index in [2.05, 4.69) is 44.3 Å². The van der Waals surface area contributed by atoms with Crippen molar-refractivity contribution < 1.29 is 4.79 Å². The second-order valence-corrected chi connectivity index (χ2v) is 7.46. The van der Waals surface area contributed by atoms with Crippen molar-refractivity contribution in [3.8, 4) is 11.4 Å². The lowest BCUT2D eigenvalue weighted by atomic mass is 10.1. The first-order valence-corrected chi connectivity index (χ1v) is 9.37. The molecule has 2 aromatic heterocycles. The highest BCUT2D eigenvalue weighted by Gasteiger charge is 2.25. The maximum Gasteiger partial charge on any atom is 0.322 e. The molecule has 3 aromatic rings. The van der Waals surface area contributed by atoms with Gasteiger partial charge in [0.25, 0.3) is 0 Å². The summed E-state index contributed by atoms with van der Waals surface area (Å²) in [5, 5.41) is 9.91. The number of hydrogen-bond donors (Lipinski definition) is 2. The van der Waals surface area contributed by atoms with E-state index in [-0.39, 0.29) is 6.03 Å². The Labute approximate surface area is 163 Å². The molecular formula is C20H23N7O. The molecule has 144 valence electrons. The van der Waals surface area contributed by atoms with Gasteiger partial charge in [0.2, 0.25) is 0 Å². The molecule has 0 unspecified atom stereocenters. The number of carbonyl (C=O) groups excluding carboxylic acids is 1. The molecule has 0 atom stereocenters. The Morgan fingerprint density at radius 1 is 1.21 bits per heavy atom. The normalized spacial score (nSPS) is 13.1. The van der Waals surface area contributed by atoms with Crippen LogP contribution in [0.15, 0.2) is 30.5 Å². The predicted octanol–water partition coefficient (Wildman–Crippen LogP) is 3.32.